The van der Waals surface area contributed by atoms with Crippen LogP contribution in [0.25, 0.3) is 0 Å². The van der Waals surface area contributed by atoms with Crippen LogP contribution in [-0.4, -0.2) is 0 Å². The Bertz CT molecular complexity index is 172. The van der Waals surface area contributed by atoms with Gasteiger partial charge in [-0.05, 0) is 13.8 Å². The lowest BCUT2D eigenvalue weighted by atomic mass is 10.2. The highest BCUT2D eigenvalue weighted by atomic mass is 13.9. The van der Waals surface area contributed by atoms with E-state index in [1.54, 1.807) is 0 Å². The summed E-state index contributed by atoms with van der Waals surface area (Å²) in [7, 11) is 0. The minimum atomic E-state index is 1.31. The third kappa shape index (κ3) is 4.38. The lowest BCUT2D eigenvalue weighted by Crippen LogP contribution is -1.63. The number of hydrogen-bond donors (Lipinski definition) is 0. The Labute approximate surface area is 69.6 Å². The van der Waals surface area contributed by atoms with Gasteiger partial charge in [-0.25, -0.2) is 0 Å². The summed E-state index contributed by atoms with van der Waals surface area (Å²) in [5.41, 5.74) is 2.62. The molecule has 0 saturated heterocycles. The molecule has 0 aliphatic heterocycles. The highest BCUT2D eigenvalue weighted by Gasteiger charge is 1.87. The molecule has 0 aromatic rings. The fourth-order valence-electron chi connectivity index (χ4n) is 0.726. The van der Waals surface area contributed by atoms with Gasteiger partial charge in [0.15, 0.2) is 0 Å². The highest BCUT2D eigenvalue weighted by molar-refractivity contribution is 5.34. The van der Waals surface area contributed by atoms with Crippen molar-refractivity contribution in [2.24, 2.45) is 0 Å². The first-order valence-corrected chi connectivity index (χ1v) is 3.65. The maximum atomic E-state index is 3.00. The molecule has 1 radical (unpaired) electrons. The summed E-state index contributed by atoms with van der Waals surface area (Å²) in [6.45, 7) is 10.2. The second-order valence-corrected chi connectivity index (χ2v) is 2.35. The van der Waals surface area contributed by atoms with E-state index in [0.29, 0.717) is 0 Å². The molecule has 1 aliphatic rings. The van der Waals surface area contributed by atoms with Gasteiger partial charge in [-0.3, -0.25) is 0 Å². The van der Waals surface area contributed by atoms with Gasteiger partial charge in [-0.2, -0.15) is 0 Å². The summed E-state index contributed by atoms with van der Waals surface area (Å²) >= 11 is 0. The molecular weight excluding hydrogens is 132 g/mol. The summed E-state index contributed by atoms with van der Waals surface area (Å²) in [5.74, 6) is 0. The van der Waals surface area contributed by atoms with Crippen molar-refractivity contribution >= 4 is 0 Å². The van der Waals surface area contributed by atoms with Crippen molar-refractivity contribution in [2.45, 2.75) is 13.8 Å². The summed E-state index contributed by atoms with van der Waals surface area (Å²) in [6, 6.07) is 0. The molecule has 0 amide bonds. The Morgan fingerprint density at radius 2 is 1.27 bits per heavy atom. The maximum Gasteiger partial charge on any atom is 0.00560 e. The van der Waals surface area contributed by atoms with Gasteiger partial charge in [0.05, 0.1) is 0 Å². The Kier molecular flexibility index (Phi) is 5.18. The van der Waals surface area contributed by atoms with E-state index in [-0.39, 0.29) is 0 Å². The van der Waals surface area contributed by atoms with Crippen LogP contribution in [0.1, 0.15) is 13.8 Å². The van der Waals surface area contributed by atoms with Crippen molar-refractivity contribution < 1.29 is 0 Å². The Morgan fingerprint density at radius 1 is 0.909 bits per heavy atom. The Balaban J connectivity index is 0.000000461. The Hall–Kier alpha value is -1.04. The fourth-order valence-corrected chi connectivity index (χ4v) is 0.726. The van der Waals surface area contributed by atoms with Gasteiger partial charge < -0.3 is 0 Å². The SMILES string of the molecule is C=C.CC1=C[CH]C=C(C)C=C1. The largest absolute Gasteiger partial charge is 0.106 e. The third-order valence-corrected chi connectivity index (χ3v) is 1.33. The predicted octanol–water partition coefficient (Wildman–Crippen LogP) is 3.46. The van der Waals surface area contributed by atoms with E-state index in [2.05, 4.69) is 57.7 Å². The van der Waals surface area contributed by atoms with Gasteiger partial charge in [0.2, 0.25) is 0 Å². The molecule has 0 heterocycles. The topological polar surface area (TPSA) is 0 Å². The molecule has 0 N–H and O–H groups in total. The van der Waals surface area contributed by atoms with Crippen LogP contribution in [-0.2, 0) is 0 Å². The van der Waals surface area contributed by atoms with E-state index < -0.39 is 0 Å². The fraction of sp³-hybridized carbons (Fsp3) is 0.182. The quantitative estimate of drug-likeness (QED) is 0.460. The molecule has 0 bridgehead atoms. The minimum Gasteiger partial charge on any atom is -0.106 e. The van der Waals surface area contributed by atoms with Crippen LogP contribution in [0.2, 0.25) is 0 Å². The van der Waals surface area contributed by atoms with Crippen LogP contribution < -0.4 is 0 Å². The third-order valence-electron chi connectivity index (χ3n) is 1.33. The molecule has 1 rings (SSSR count). The molecule has 0 heteroatoms. The normalized spacial score (nSPS) is 15.5. The van der Waals surface area contributed by atoms with Crippen LogP contribution in [0.4, 0.5) is 0 Å². The standard InChI is InChI=1S/C9H11.C2H4/c1-8-4-3-5-9(2)7-6-8;1-2/h3-7H,1-2H3;1-2H2. The Morgan fingerprint density at radius 3 is 1.64 bits per heavy atom. The number of hydrogen-bond acceptors (Lipinski definition) is 0. The van der Waals surface area contributed by atoms with Gasteiger partial charge in [-0.15, -0.1) is 13.2 Å². The van der Waals surface area contributed by atoms with Crippen molar-refractivity contribution in [3.63, 3.8) is 0 Å². The average Bonchev–Trinajstić information content (AvgIpc) is 2.20. The van der Waals surface area contributed by atoms with Crippen molar-refractivity contribution in [3.05, 3.63) is 55.0 Å². The summed E-state index contributed by atoms with van der Waals surface area (Å²) in [4.78, 5) is 0. The first-order chi connectivity index (χ1) is 5.29. The van der Waals surface area contributed by atoms with E-state index in [1.165, 1.54) is 11.1 Å². The van der Waals surface area contributed by atoms with Crippen molar-refractivity contribution in [2.75, 3.05) is 0 Å². The second-order valence-electron chi connectivity index (χ2n) is 2.35. The predicted molar refractivity (Wildman–Crippen MR) is 52.2 cm³/mol. The van der Waals surface area contributed by atoms with Crippen molar-refractivity contribution in [1.82, 2.24) is 0 Å². The number of allylic oxidation sites excluding steroid dienone is 6. The van der Waals surface area contributed by atoms with Gasteiger partial charge in [0.25, 0.3) is 0 Å². The van der Waals surface area contributed by atoms with E-state index >= 15 is 0 Å². The first kappa shape index (κ1) is 9.96. The van der Waals surface area contributed by atoms with Gasteiger partial charge >= 0.3 is 0 Å². The monoisotopic (exact) mass is 147 g/mol. The van der Waals surface area contributed by atoms with Crippen LogP contribution in [0, 0.1) is 6.42 Å². The molecule has 0 fully saturated rings. The zero-order valence-electron chi connectivity index (χ0n) is 7.30. The molecular formula is C11H15. The summed E-state index contributed by atoms with van der Waals surface area (Å²) < 4.78 is 0. The van der Waals surface area contributed by atoms with Crippen LogP contribution in [0.3, 0.4) is 0 Å². The molecule has 0 saturated carbocycles. The minimum absolute atomic E-state index is 1.31. The van der Waals surface area contributed by atoms with E-state index in [9.17, 15) is 0 Å². The molecule has 0 nitrogen and oxygen atoms in total. The molecule has 59 valence electrons. The molecule has 11 heavy (non-hydrogen) atoms. The van der Waals surface area contributed by atoms with E-state index in [0.717, 1.165) is 0 Å². The smallest absolute Gasteiger partial charge is 0.00560 e. The summed E-state index contributed by atoms with van der Waals surface area (Å²) in [5, 5.41) is 0. The lowest BCUT2D eigenvalue weighted by molar-refractivity contribution is 1.50. The van der Waals surface area contributed by atoms with Gasteiger partial charge in [0, 0.05) is 6.42 Å². The zero-order valence-corrected chi connectivity index (χ0v) is 7.30. The number of rotatable bonds is 0. The van der Waals surface area contributed by atoms with Crippen molar-refractivity contribution in [3.8, 4) is 0 Å². The second kappa shape index (κ2) is 5.72. The molecule has 0 aromatic carbocycles. The molecule has 0 aromatic heterocycles. The average molecular weight is 147 g/mol. The van der Waals surface area contributed by atoms with E-state index in [1.807, 2.05) is 0 Å². The van der Waals surface area contributed by atoms with Gasteiger partial charge in [0.1, 0.15) is 0 Å². The molecule has 0 unspecified atom stereocenters. The maximum absolute atomic E-state index is 3.00. The molecule has 0 atom stereocenters. The molecule has 1 aliphatic carbocycles. The van der Waals surface area contributed by atoms with Crippen LogP contribution >= 0.6 is 0 Å². The van der Waals surface area contributed by atoms with Gasteiger partial charge in [-0.1, -0.05) is 35.5 Å². The summed E-state index contributed by atoms with van der Waals surface area (Å²) in [6.07, 6.45) is 10.5. The first-order valence-electron chi connectivity index (χ1n) is 3.65. The van der Waals surface area contributed by atoms with Crippen molar-refractivity contribution in [1.29, 1.82) is 0 Å². The van der Waals surface area contributed by atoms with Crippen LogP contribution in [0.15, 0.2) is 48.6 Å². The van der Waals surface area contributed by atoms with E-state index in [4.69, 9.17) is 0 Å². The highest BCUT2D eigenvalue weighted by Crippen LogP contribution is 2.07. The molecule has 0 spiro atoms. The lowest BCUT2D eigenvalue weighted by Gasteiger charge is -1.83. The van der Waals surface area contributed by atoms with Crippen LogP contribution in [0.5, 0.6) is 0 Å². The zero-order chi connectivity index (χ0) is 8.69.